The van der Waals surface area contributed by atoms with E-state index in [0.29, 0.717) is 0 Å². The minimum Gasteiger partial charge on any atom is -0.494 e. The molecule has 1 aromatic carbocycles. The van der Waals surface area contributed by atoms with E-state index in [4.69, 9.17) is 4.74 Å². The molecule has 3 nitrogen and oxygen atoms in total. The third-order valence-electron chi connectivity index (χ3n) is 2.71. The second kappa shape index (κ2) is 5.57. The van der Waals surface area contributed by atoms with Gasteiger partial charge in [0.25, 0.3) is 0 Å². The fourth-order valence-electron chi connectivity index (χ4n) is 1.76. The maximum Gasteiger partial charge on any atom is 0.248 e. The Labute approximate surface area is 101 Å². The Hall–Kier alpha value is -1.71. The van der Waals surface area contributed by atoms with Crippen molar-refractivity contribution in [2.45, 2.75) is 19.2 Å². The van der Waals surface area contributed by atoms with E-state index in [-0.39, 0.29) is 5.56 Å². The van der Waals surface area contributed by atoms with E-state index in [1.807, 2.05) is 24.3 Å². The molecule has 1 heterocycles. The minimum absolute atomic E-state index is 0.0827. The Bertz CT molecular complexity index is 550. The third-order valence-corrected chi connectivity index (χ3v) is 2.71. The molecular weight excluding hydrogens is 213 g/mol. The molecule has 0 saturated heterocycles. The number of hydrogen-bond acceptors (Lipinski definition) is 2. The Morgan fingerprint density at radius 3 is 2.82 bits per heavy atom. The number of rotatable bonds is 5. The molecule has 1 aromatic heterocycles. The summed E-state index contributed by atoms with van der Waals surface area (Å²) in [6, 6.07) is 9.12. The van der Waals surface area contributed by atoms with E-state index in [9.17, 15) is 4.79 Å². The van der Waals surface area contributed by atoms with Gasteiger partial charge in [-0.1, -0.05) is 12.7 Å². The number of nitrogens with one attached hydrogen (secondary N) is 1. The summed E-state index contributed by atoms with van der Waals surface area (Å²) in [6.07, 6.45) is 3.44. The molecule has 0 aliphatic rings. The highest BCUT2D eigenvalue weighted by atomic mass is 16.5. The highest BCUT2D eigenvalue weighted by Gasteiger charge is 1.98. The van der Waals surface area contributed by atoms with Gasteiger partial charge in [0, 0.05) is 12.1 Å². The van der Waals surface area contributed by atoms with E-state index in [1.165, 1.54) is 18.8 Å². The van der Waals surface area contributed by atoms with Gasteiger partial charge in [0.2, 0.25) is 5.56 Å². The Balaban J connectivity index is 2.11. The number of H-pyrrole nitrogens is 1. The molecule has 0 aliphatic carbocycles. The normalized spacial score (nSPS) is 10.6. The van der Waals surface area contributed by atoms with Crippen molar-refractivity contribution in [2.75, 3.05) is 6.61 Å². The number of ether oxygens (including phenoxy) is 1. The van der Waals surface area contributed by atoms with Gasteiger partial charge in [-0.3, -0.25) is 4.79 Å². The van der Waals surface area contributed by atoms with Crippen LogP contribution in [0.4, 0.5) is 0 Å². The molecule has 0 unspecified atom stereocenters. The second-order valence-electron chi connectivity index (χ2n) is 4.13. The smallest absolute Gasteiger partial charge is 0.248 e. The fourth-order valence-corrected chi connectivity index (χ4v) is 1.76. The number of fused-ring (bicyclic) bond motifs is 1. The van der Waals surface area contributed by atoms with Crippen molar-refractivity contribution >= 4 is 18.7 Å². The second-order valence-corrected chi connectivity index (χ2v) is 4.13. The lowest BCUT2D eigenvalue weighted by atomic mass is 10.0. The van der Waals surface area contributed by atoms with Crippen LogP contribution in [0.25, 0.3) is 10.9 Å². The number of hydrogen-bond donors (Lipinski definition) is 1. The van der Waals surface area contributed by atoms with Gasteiger partial charge in [0.15, 0.2) is 0 Å². The standard InChI is InChI=1S/C13H16BNO2/c14-7-1-2-8-17-11-5-3-10-4-6-13(16)15-12(10)9-11/h3-6,9H,1-2,7-8,14H2,(H,15,16). The maximum atomic E-state index is 11.2. The topological polar surface area (TPSA) is 42.1 Å². The highest BCUT2D eigenvalue weighted by Crippen LogP contribution is 2.18. The van der Waals surface area contributed by atoms with Crippen LogP contribution in [0.1, 0.15) is 12.8 Å². The predicted octanol–water partition coefficient (Wildman–Crippen LogP) is 1.74. The quantitative estimate of drug-likeness (QED) is 0.626. The molecule has 17 heavy (non-hydrogen) atoms. The molecule has 2 rings (SSSR count). The third kappa shape index (κ3) is 3.13. The van der Waals surface area contributed by atoms with Crippen molar-refractivity contribution in [3.05, 3.63) is 40.7 Å². The summed E-state index contributed by atoms with van der Waals surface area (Å²) in [5.74, 6) is 0.815. The van der Waals surface area contributed by atoms with Crippen LogP contribution in [0.2, 0.25) is 6.32 Å². The van der Waals surface area contributed by atoms with E-state index < -0.39 is 0 Å². The van der Waals surface area contributed by atoms with E-state index in [2.05, 4.69) is 12.8 Å². The van der Waals surface area contributed by atoms with Crippen LogP contribution >= 0.6 is 0 Å². The first kappa shape index (κ1) is 11.8. The molecule has 0 radical (unpaired) electrons. The average molecular weight is 229 g/mol. The molecule has 0 bridgehead atoms. The first-order valence-electron chi connectivity index (χ1n) is 6.05. The molecule has 2 aromatic rings. The molecular formula is C13H16BNO2. The minimum atomic E-state index is -0.0827. The monoisotopic (exact) mass is 229 g/mol. The number of benzene rings is 1. The predicted molar refractivity (Wildman–Crippen MR) is 72.6 cm³/mol. The van der Waals surface area contributed by atoms with Crippen molar-refractivity contribution < 1.29 is 4.74 Å². The summed E-state index contributed by atoms with van der Waals surface area (Å²) in [6.45, 7) is 0.733. The van der Waals surface area contributed by atoms with E-state index in [1.54, 1.807) is 0 Å². The zero-order chi connectivity index (χ0) is 12.1. The molecule has 0 atom stereocenters. The summed E-state index contributed by atoms with van der Waals surface area (Å²) in [5, 5.41) is 1.02. The number of aromatic nitrogens is 1. The van der Waals surface area contributed by atoms with Gasteiger partial charge in [0.05, 0.1) is 12.1 Å². The molecule has 0 saturated carbocycles. The van der Waals surface area contributed by atoms with Crippen LogP contribution in [-0.2, 0) is 0 Å². The van der Waals surface area contributed by atoms with Gasteiger partial charge in [-0.25, -0.2) is 0 Å². The van der Waals surface area contributed by atoms with Gasteiger partial charge < -0.3 is 9.72 Å². The average Bonchev–Trinajstić information content (AvgIpc) is 2.34. The molecule has 0 amide bonds. The molecule has 88 valence electrons. The lowest BCUT2D eigenvalue weighted by Crippen LogP contribution is -2.03. The molecule has 0 aliphatic heterocycles. The van der Waals surface area contributed by atoms with Crippen LogP contribution in [0.3, 0.4) is 0 Å². The lowest BCUT2D eigenvalue weighted by Gasteiger charge is -2.06. The maximum absolute atomic E-state index is 11.2. The van der Waals surface area contributed by atoms with E-state index >= 15 is 0 Å². The summed E-state index contributed by atoms with van der Waals surface area (Å²) in [5.41, 5.74) is 0.742. The largest absolute Gasteiger partial charge is 0.494 e. The number of aromatic amines is 1. The van der Waals surface area contributed by atoms with Crippen molar-refractivity contribution in [1.29, 1.82) is 0 Å². The van der Waals surface area contributed by atoms with Crippen LogP contribution < -0.4 is 10.3 Å². The van der Waals surface area contributed by atoms with Crippen LogP contribution in [0.5, 0.6) is 5.75 Å². The Morgan fingerprint density at radius 2 is 2.00 bits per heavy atom. The number of pyridine rings is 1. The van der Waals surface area contributed by atoms with Crippen LogP contribution in [0, 0.1) is 0 Å². The van der Waals surface area contributed by atoms with E-state index in [0.717, 1.165) is 29.7 Å². The van der Waals surface area contributed by atoms with Crippen molar-refractivity contribution in [1.82, 2.24) is 4.98 Å². The summed E-state index contributed by atoms with van der Waals surface area (Å²) >= 11 is 0. The molecule has 0 spiro atoms. The van der Waals surface area contributed by atoms with Gasteiger partial charge in [-0.05, 0) is 30.0 Å². The van der Waals surface area contributed by atoms with Crippen LogP contribution in [-0.4, -0.2) is 19.4 Å². The summed E-state index contributed by atoms with van der Waals surface area (Å²) < 4.78 is 5.63. The molecule has 0 fully saturated rings. The van der Waals surface area contributed by atoms with Gasteiger partial charge >= 0.3 is 0 Å². The zero-order valence-corrected chi connectivity index (χ0v) is 10.0. The zero-order valence-electron chi connectivity index (χ0n) is 10.0. The van der Waals surface area contributed by atoms with Crippen molar-refractivity contribution in [3.63, 3.8) is 0 Å². The first-order valence-corrected chi connectivity index (χ1v) is 6.05. The highest BCUT2D eigenvalue weighted by molar-refractivity contribution is 6.08. The van der Waals surface area contributed by atoms with Gasteiger partial charge in [0.1, 0.15) is 13.6 Å². The number of unbranched alkanes of at least 4 members (excludes halogenated alkanes) is 1. The molecule has 4 heteroatoms. The lowest BCUT2D eigenvalue weighted by molar-refractivity contribution is 0.310. The van der Waals surface area contributed by atoms with Gasteiger partial charge in [-0.2, -0.15) is 0 Å². The summed E-state index contributed by atoms with van der Waals surface area (Å²) in [4.78, 5) is 14.0. The Morgan fingerprint density at radius 1 is 1.18 bits per heavy atom. The SMILES string of the molecule is BCCCCOc1ccc2ccc(=O)[nH]c2c1. The van der Waals surface area contributed by atoms with Crippen LogP contribution in [0.15, 0.2) is 35.1 Å². The molecule has 1 N–H and O–H groups in total. The van der Waals surface area contributed by atoms with Crippen molar-refractivity contribution in [2.24, 2.45) is 0 Å². The summed E-state index contributed by atoms with van der Waals surface area (Å²) in [7, 11) is 2.17. The first-order chi connectivity index (χ1) is 8.29. The van der Waals surface area contributed by atoms with Crippen molar-refractivity contribution in [3.8, 4) is 5.75 Å². The van der Waals surface area contributed by atoms with Gasteiger partial charge in [-0.15, -0.1) is 0 Å². The fraction of sp³-hybridized carbons (Fsp3) is 0.308. The Kier molecular flexibility index (Phi) is 3.86.